The normalized spacial score (nSPS) is 11.0. The van der Waals surface area contributed by atoms with Crippen LogP contribution in [-0.2, 0) is 15.3 Å². The molecule has 0 atom stereocenters. The van der Waals surface area contributed by atoms with Crippen LogP contribution in [0.5, 0.6) is 0 Å². The van der Waals surface area contributed by atoms with Gasteiger partial charge in [0.15, 0.2) is 4.34 Å². The Morgan fingerprint density at radius 1 is 0.750 bits per heavy atom. The number of hydrogen-bond acceptors (Lipinski definition) is 6. The van der Waals surface area contributed by atoms with Crippen LogP contribution in [0.4, 0.5) is 11.4 Å². The largest absolute Gasteiger partial charge is 0.325 e. The van der Waals surface area contributed by atoms with Crippen molar-refractivity contribution in [1.29, 1.82) is 0 Å². The van der Waals surface area contributed by atoms with Crippen LogP contribution in [0.3, 0.4) is 0 Å². The quantitative estimate of drug-likeness (QED) is 0.200. The van der Waals surface area contributed by atoms with E-state index in [2.05, 4.69) is 27.8 Å². The van der Waals surface area contributed by atoms with E-state index in [1.807, 2.05) is 78.9 Å². The summed E-state index contributed by atoms with van der Waals surface area (Å²) in [5.74, 6) is 1.01. The van der Waals surface area contributed by atoms with Crippen molar-refractivity contribution in [3.05, 3.63) is 96.6 Å². The predicted molar refractivity (Wildman–Crippen MR) is 154 cm³/mol. The molecule has 0 aliphatic carbocycles. The van der Waals surface area contributed by atoms with E-state index in [1.165, 1.54) is 17.3 Å². The number of benzene rings is 4. The third-order valence-corrected chi connectivity index (χ3v) is 8.52. The lowest BCUT2D eigenvalue weighted by atomic mass is 10.1. The number of fused-ring (bicyclic) bond motifs is 2. The summed E-state index contributed by atoms with van der Waals surface area (Å²) in [6.45, 7) is 0. The smallest absolute Gasteiger partial charge is 0.234 e. The maximum atomic E-state index is 12.4. The minimum Gasteiger partial charge on any atom is -0.325 e. The van der Waals surface area contributed by atoms with Crippen LogP contribution in [0.2, 0.25) is 0 Å². The molecule has 4 aromatic carbocycles. The molecule has 1 heterocycles. The zero-order valence-electron chi connectivity index (χ0n) is 19.3. The van der Waals surface area contributed by atoms with E-state index in [0.29, 0.717) is 0 Å². The van der Waals surface area contributed by atoms with E-state index in [1.54, 1.807) is 23.1 Å². The molecule has 0 saturated carbocycles. The Morgan fingerprint density at radius 2 is 1.42 bits per heavy atom. The molecular formula is C28H23N3O2S3. The standard InChI is InChI=1S/C28H23N3O2S3/c32-26(29-22-11-10-20-8-4-5-9-21(20)14-22)17-34-18-27(33)30-23-12-13-24-25(15-23)36-28(31-24)35-16-19-6-2-1-3-7-19/h1-15H,16-18H2,(H,29,32)(H,30,33). The summed E-state index contributed by atoms with van der Waals surface area (Å²) >= 11 is 4.62. The van der Waals surface area contributed by atoms with Gasteiger partial charge in [-0.25, -0.2) is 4.98 Å². The van der Waals surface area contributed by atoms with E-state index in [0.717, 1.165) is 42.5 Å². The number of nitrogens with one attached hydrogen (secondary N) is 2. The van der Waals surface area contributed by atoms with E-state index < -0.39 is 0 Å². The number of thioether (sulfide) groups is 2. The highest BCUT2D eigenvalue weighted by Crippen LogP contribution is 2.33. The first-order valence-corrected chi connectivity index (χ1v) is 14.3. The molecular weight excluding hydrogens is 507 g/mol. The Hall–Kier alpha value is -3.33. The number of aromatic nitrogens is 1. The van der Waals surface area contributed by atoms with Gasteiger partial charge in [-0.15, -0.1) is 23.1 Å². The van der Waals surface area contributed by atoms with Crippen LogP contribution in [0.25, 0.3) is 21.0 Å². The molecule has 0 fully saturated rings. The molecule has 0 radical (unpaired) electrons. The molecule has 0 bridgehead atoms. The summed E-state index contributed by atoms with van der Waals surface area (Å²) in [6, 6.07) is 29.9. The van der Waals surface area contributed by atoms with Crippen molar-refractivity contribution in [2.24, 2.45) is 0 Å². The molecule has 8 heteroatoms. The summed E-state index contributed by atoms with van der Waals surface area (Å²) in [5.41, 5.74) is 3.67. The van der Waals surface area contributed by atoms with Crippen LogP contribution in [-0.4, -0.2) is 28.3 Å². The van der Waals surface area contributed by atoms with Crippen LogP contribution in [0.1, 0.15) is 5.56 Å². The Morgan fingerprint density at radius 3 is 2.19 bits per heavy atom. The van der Waals surface area contributed by atoms with Gasteiger partial charge in [0, 0.05) is 17.1 Å². The first-order chi connectivity index (χ1) is 17.6. The lowest BCUT2D eigenvalue weighted by Gasteiger charge is -2.07. The third-order valence-electron chi connectivity index (χ3n) is 5.36. The molecule has 0 unspecified atom stereocenters. The minimum absolute atomic E-state index is 0.130. The molecule has 0 spiro atoms. The van der Waals surface area contributed by atoms with Crippen LogP contribution >= 0.6 is 34.9 Å². The zero-order valence-corrected chi connectivity index (χ0v) is 21.7. The van der Waals surface area contributed by atoms with Gasteiger partial charge in [0.1, 0.15) is 0 Å². The number of nitrogens with zero attached hydrogens (tertiary/aromatic N) is 1. The fourth-order valence-corrected chi connectivity index (χ4v) is 6.34. The number of thiazole rings is 1. The fraction of sp³-hybridized carbons (Fsp3) is 0.107. The number of hydrogen-bond donors (Lipinski definition) is 2. The lowest BCUT2D eigenvalue weighted by Crippen LogP contribution is -2.18. The van der Waals surface area contributed by atoms with Crippen molar-refractivity contribution in [2.45, 2.75) is 10.1 Å². The van der Waals surface area contributed by atoms with Gasteiger partial charge in [-0.2, -0.15) is 0 Å². The maximum Gasteiger partial charge on any atom is 0.234 e. The first kappa shape index (κ1) is 24.4. The van der Waals surface area contributed by atoms with Gasteiger partial charge >= 0.3 is 0 Å². The van der Waals surface area contributed by atoms with Gasteiger partial charge < -0.3 is 10.6 Å². The van der Waals surface area contributed by atoms with E-state index in [9.17, 15) is 9.59 Å². The van der Waals surface area contributed by atoms with Crippen molar-refractivity contribution < 1.29 is 9.59 Å². The molecule has 5 nitrogen and oxygen atoms in total. The Balaban J connectivity index is 1.09. The number of anilines is 2. The summed E-state index contributed by atoms with van der Waals surface area (Å²) in [5, 5.41) is 8.02. The Kier molecular flexibility index (Phi) is 7.85. The highest BCUT2D eigenvalue weighted by molar-refractivity contribution is 8.00. The summed E-state index contributed by atoms with van der Waals surface area (Å²) in [6.07, 6.45) is 0. The topological polar surface area (TPSA) is 71.1 Å². The lowest BCUT2D eigenvalue weighted by molar-refractivity contribution is -0.114. The molecule has 2 amide bonds. The molecule has 0 aliphatic rings. The van der Waals surface area contributed by atoms with E-state index in [4.69, 9.17) is 0 Å². The molecule has 1 aromatic heterocycles. The van der Waals surface area contributed by atoms with Crippen molar-refractivity contribution in [1.82, 2.24) is 4.98 Å². The monoisotopic (exact) mass is 529 g/mol. The molecule has 0 aliphatic heterocycles. The first-order valence-electron chi connectivity index (χ1n) is 11.4. The SMILES string of the molecule is O=C(CSCC(=O)Nc1ccc2nc(SCc3ccccc3)sc2c1)Nc1ccc2ccccc2c1. The molecule has 180 valence electrons. The number of carbonyl (C=O) groups excluding carboxylic acids is 2. The van der Waals surface area contributed by atoms with Gasteiger partial charge in [0.2, 0.25) is 11.8 Å². The van der Waals surface area contributed by atoms with Gasteiger partial charge in [-0.3, -0.25) is 9.59 Å². The second-order valence-electron chi connectivity index (χ2n) is 8.09. The molecule has 2 N–H and O–H groups in total. The predicted octanol–water partition coefficient (Wildman–Crippen LogP) is 7.05. The number of amides is 2. The third kappa shape index (κ3) is 6.46. The Bertz CT molecular complexity index is 1520. The van der Waals surface area contributed by atoms with Gasteiger partial charge in [-0.1, -0.05) is 72.4 Å². The summed E-state index contributed by atoms with van der Waals surface area (Å²) in [7, 11) is 0. The highest BCUT2D eigenvalue weighted by atomic mass is 32.2. The Labute approximate surface area is 221 Å². The second-order valence-corrected chi connectivity index (χ2v) is 11.3. The van der Waals surface area contributed by atoms with Crippen molar-refractivity contribution in [2.75, 3.05) is 22.1 Å². The van der Waals surface area contributed by atoms with Crippen molar-refractivity contribution in [3.8, 4) is 0 Å². The molecule has 36 heavy (non-hydrogen) atoms. The maximum absolute atomic E-state index is 12.4. The summed E-state index contributed by atoms with van der Waals surface area (Å²) in [4.78, 5) is 29.4. The van der Waals surface area contributed by atoms with Crippen molar-refractivity contribution in [3.63, 3.8) is 0 Å². The van der Waals surface area contributed by atoms with E-state index >= 15 is 0 Å². The van der Waals surface area contributed by atoms with Gasteiger partial charge in [-0.05, 0) is 46.7 Å². The van der Waals surface area contributed by atoms with Crippen LogP contribution in [0, 0.1) is 0 Å². The fourth-order valence-electron chi connectivity index (χ4n) is 3.66. The van der Waals surface area contributed by atoms with Gasteiger partial charge in [0.05, 0.1) is 21.7 Å². The van der Waals surface area contributed by atoms with Crippen LogP contribution in [0.15, 0.2) is 95.3 Å². The van der Waals surface area contributed by atoms with Gasteiger partial charge in [0.25, 0.3) is 0 Å². The van der Waals surface area contributed by atoms with Crippen molar-refractivity contribution >= 4 is 79.0 Å². The zero-order chi connectivity index (χ0) is 24.7. The number of rotatable bonds is 9. The summed E-state index contributed by atoms with van der Waals surface area (Å²) < 4.78 is 2.04. The average Bonchev–Trinajstić information content (AvgIpc) is 3.30. The van der Waals surface area contributed by atoms with E-state index in [-0.39, 0.29) is 23.3 Å². The van der Waals surface area contributed by atoms with Crippen LogP contribution < -0.4 is 10.6 Å². The molecule has 5 rings (SSSR count). The average molecular weight is 530 g/mol. The second kappa shape index (κ2) is 11.6. The molecule has 5 aromatic rings. The molecule has 0 saturated heterocycles. The highest BCUT2D eigenvalue weighted by Gasteiger charge is 2.10. The number of carbonyl (C=O) groups is 2. The minimum atomic E-state index is -0.138.